The van der Waals surface area contributed by atoms with Crippen LogP contribution in [0, 0.1) is 0 Å². The molecule has 102 valence electrons. The van der Waals surface area contributed by atoms with Gasteiger partial charge in [0.1, 0.15) is 0 Å². The molecule has 0 amide bonds. The van der Waals surface area contributed by atoms with Crippen molar-refractivity contribution in [3.63, 3.8) is 0 Å². The van der Waals surface area contributed by atoms with Crippen LogP contribution in [0.5, 0.6) is 0 Å². The molecule has 0 bridgehead atoms. The van der Waals surface area contributed by atoms with Crippen molar-refractivity contribution in [1.82, 2.24) is 15.5 Å². The van der Waals surface area contributed by atoms with Gasteiger partial charge in [0.25, 0.3) is 0 Å². The first-order valence-corrected chi connectivity index (χ1v) is 6.73. The Bertz CT molecular complexity index is 481. The molecule has 19 heavy (non-hydrogen) atoms. The molecule has 0 aliphatic carbocycles. The average Bonchev–Trinajstić information content (AvgIpc) is 2.92. The smallest absolute Gasteiger partial charge is 0.0695 e. The molecule has 0 spiro atoms. The van der Waals surface area contributed by atoms with Crippen LogP contribution in [0.3, 0.4) is 0 Å². The second-order valence-corrected chi connectivity index (χ2v) is 4.78. The first-order chi connectivity index (χ1) is 9.31. The lowest BCUT2D eigenvalue weighted by molar-refractivity contribution is 0.276. The van der Waals surface area contributed by atoms with Gasteiger partial charge in [0.05, 0.1) is 11.9 Å². The lowest BCUT2D eigenvalue weighted by atomic mass is 10.1. The fourth-order valence-corrected chi connectivity index (χ4v) is 2.08. The van der Waals surface area contributed by atoms with Crippen molar-refractivity contribution in [2.75, 3.05) is 6.61 Å². The van der Waals surface area contributed by atoms with Crippen molar-refractivity contribution >= 4 is 0 Å². The van der Waals surface area contributed by atoms with Gasteiger partial charge in [-0.15, -0.1) is 0 Å². The van der Waals surface area contributed by atoms with E-state index in [1.165, 1.54) is 5.56 Å². The molecular weight excluding hydrogens is 238 g/mol. The zero-order chi connectivity index (χ0) is 13.5. The molecular formula is C15H21N3O. The van der Waals surface area contributed by atoms with E-state index in [0.29, 0.717) is 6.04 Å². The predicted molar refractivity (Wildman–Crippen MR) is 76.6 cm³/mol. The van der Waals surface area contributed by atoms with E-state index in [4.69, 9.17) is 5.11 Å². The number of nitrogens with one attached hydrogen (secondary N) is 2. The highest BCUT2D eigenvalue weighted by Crippen LogP contribution is 2.20. The summed E-state index contributed by atoms with van der Waals surface area (Å²) >= 11 is 0. The number of hydrogen-bond acceptors (Lipinski definition) is 3. The number of aromatic nitrogens is 2. The average molecular weight is 259 g/mol. The summed E-state index contributed by atoms with van der Waals surface area (Å²) in [6.07, 6.45) is 3.69. The highest BCUT2D eigenvalue weighted by atomic mass is 16.2. The summed E-state index contributed by atoms with van der Waals surface area (Å²) in [4.78, 5) is 0. The van der Waals surface area contributed by atoms with Gasteiger partial charge in [0.15, 0.2) is 0 Å². The van der Waals surface area contributed by atoms with E-state index >= 15 is 0 Å². The van der Waals surface area contributed by atoms with Crippen LogP contribution in [-0.4, -0.2) is 28.0 Å². The predicted octanol–water partition coefficient (Wildman–Crippen LogP) is 2.33. The van der Waals surface area contributed by atoms with E-state index in [9.17, 15) is 0 Å². The summed E-state index contributed by atoms with van der Waals surface area (Å²) in [6, 6.07) is 10.6. The highest BCUT2D eigenvalue weighted by molar-refractivity contribution is 5.62. The molecule has 1 atom stereocenters. The van der Waals surface area contributed by atoms with Crippen LogP contribution in [0.4, 0.5) is 0 Å². The van der Waals surface area contributed by atoms with Crippen LogP contribution in [0.25, 0.3) is 11.3 Å². The van der Waals surface area contributed by atoms with Crippen LogP contribution in [-0.2, 0) is 6.54 Å². The Kier molecular flexibility index (Phi) is 5.12. The van der Waals surface area contributed by atoms with Crippen molar-refractivity contribution < 1.29 is 5.11 Å². The largest absolute Gasteiger partial charge is 0.396 e. The molecule has 0 aliphatic rings. The Balaban J connectivity index is 1.97. The van der Waals surface area contributed by atoms with Crippen LogP contribution < -0.4 is 5.32 Å². The molecule has 0 saturated heterocycles. The van der Waals surface area contributed by atoms with E-state index in [-0.39, 0.29) is 6.61 Å². The van der Waals surface area contributed by atoms with Gasteiger partial charge in [0, 0.05) is 24.8 Å². The molecule has 0 radical (unpaired) electrons. The third kappa shape index (κ3) is 3.91. The molecule has 3 N–H and O–H groups in total. The second-order valence-electron chi connectivity index (χ2n) is 4.78. The van der Waals surface area contributed by atoms with Crippen molar-refractivity contribution in [3.8, 4) is 11.3 Å². The van der Waals surface area contributed by atoms with Crippen molar-refractivity contribution in [3.05, 3.63) is 42.1 Å². The van der Waals surface area contributed by atoms with Crippen LogP contribution in [0.15, 0.2) is 36.5 Å². The fraction of sp³-hybridized carbons (Fsp3) is 0.400. The van der Waals surface area contributed by atoms with Crippen LogP contribution in [0.1, 0.15) is 25.3 Å². The Morgan fingerprint density at radius 1 is 1.32 bits per heavy atom. The minimum absolute atomic E-state index is 0.257. The van der Waals surface area contributed by atoms with Gasteiger partial charge in [-0.25, -0.2) is 0 Å². The third-order valence-electron chi connectivity index (χ3n) is 3.22. The highest BCUT2D eigenvalue weighted by Gasteiger charge is 2.08. The molecule has 1 aromatic heterocycles. The van der Waals surface area contributed by atoms with E-state index in [1.807, 2.05) is 24.4 Å². The van der Waals surface area contributed by atoms with Crippen molar-refractivity contribution in [1.29, 1.82) is 0 Å². The number of aliphatic hydroxyl groups excluding tert-OH is 1. The van der Waals surface area contributed by atoms with E-state index in [1.54, 1.807) is 0 Å². The first-order valence-electron chi connectivity index (χ1n) is 6.73. The van der Waals surface area contributed by atoms with E-state index in [2.05, 4.69) is 34.6 Å². The zero-order valence-corrected chi connectivity index (χ0v) is 11.3. The van der Waals surface area contributed by atoms with Gasteiger partial charge in [-0.3, -0.25) is 5.10 Å². The summed E-state index contributed by atoms with van der Waals surface area (Å²) in [6.45, 7) is 3.18. The Morgan fingerprint density at radius 3 is 2.84 bits per heavy atom. The second kappa shape index (κ2) is 7.07. The number of rotatable bonds is 7. The molecule has 4 heteroatoms. The molecule has 0 fully saturated rings. The number of aliphatic hydroxyl groups is 1. The summed E-state index contributed by atoms with van der Waals surface area (Å²) in [7, 11) is 0. The number of benzene rings is 1. The zero-order valence-electron chi connectivity index (χ0n) is 11.3. The number of aromatic amines is 1. The SMILES string of the molecule is CC(CCCO)NCc1cn[nH]c1-c1ccccc1. The Morgan fingerprint density at radius 2 is 2.11 bits per heavy atom. The topological polar surface area (TPSA) is 60.9 Å². The molecule has 1 aromatic carbocycles. The molecule has 4 nitrogen and oxygen atoms in total. The fourth-order valence-electron chi connectivity index (χ4n) is 2.08. The standard InChI is InChI=1S/C15H21N3O/c1-12(6-5-9-19)16-10-14-11-17-18-15(14)13-7-3-2-4-8-13/h2-4,7-8,11-12,16,19H,5-6,9-10H2,1H3,(H,17,18). The lowest BCUT2D eigenvalue weighted by Gasteiger charge is -2.13. The van der Waals surface area contributed by atoms with Gasteiger partial charge in [-0.05, 0) is 25.3 Å². The summed E-state index contributed by atoms with van der Waals surface area (Å²) in [5.41, 5.74) is 3.39. The van der Waals surface area contributed by atoms with Crippen molar-refractivity contribution in [2.24, 2.45) is 0 Å². The maximum absolute atomic E-state index is 8.82. The van der Waals surface area contributed by atoms with Gasteiger partial charge in [-0.1, -0.05) is 30.3 Å². The number of nitrogens with zero attached hydrogens (tertiary/aromatic N) is 1. The Labute approximate surface area is 113 Å². The van der Waals surface area contributed by atoms with E-state index in [0.717, 1.165) is 30.6 Å². The molecule has 1 heterocycles. The minimum Gasteiger partial charge on any atom is -0.396 e. The quantitative estimate of drug-likeness (QED) is 0.715. The molecule has 0 saturated carbocycles. The lowest BCUT2D eigenvalue weighted by Crippen LogP contribution is -2.25. The molecule has 2 rings (SSSR count). The van der Waals surface area contributed by atoms with Gasteiger partial charge in [0.2, 0.25) is 0 Å². The maximum atomic E-state index is 8.82. The third-order valence-corrected chi connectivity index (χ3v) is 3.22. The minimum atomic E-state index is 0.257. The van der Waals surface area contributed by atoms with Gasteiger partial charge >= 0.3 is 0 Å². The van der Waals surface area contributed by atoms with Gasteiger partial charge < -0.3 is 10.4 Å². The van der Waals surface area contributed by atoms with Crippen LogP contribution in [0.2, 0.25) is 0 Å². The van der Waals surface area contributed by atoms with Crippen LogP contribution >= 0.6 is 0 Å². The van der Waals surface area contributed by atoms with E-state index < -0.39 is 0 Å². The maximum Gasteiger partial charge on any atom is 0.0695 e. The molecule has 2 aromatic rings. The normalized spacial score (nSPS) is 12.5. The van der Waals surface area contributed by atoms with Crippen molar-refractivity contribution in [2.45, 2.75) is 32.4 Å². The molecule has 1 unspecified atom stereocenters. The summed E-state index contributed by atoms with van der Waals surface area (Å²) < 4.78 is 0. The Hall–Kier alpha value is -1.65. The summed E-state index contributed by atoms with van der Waals surface area (Å²) in [5.74, 6) is 0. The summed E-state index contributed by atoms with van der Waals surface area (Å²) in [5, 5.41) is 19.5. The monoisotopic (exact) mass is 259 g/mol. The number of hydrogen-bond donors (Lipinski definition) is 3. The number of H-pyrrole nitrogens is 1. The first kappa shape index (κ1) is 13.8. The van der Waals surface area contributed by atoms with Gasteiger partial charge in [-0.2, -0.15) is 5.10 Å². The molecule has 0 aliphatic heterocycles.